The van der Waals surface area contributed by atoms with Crippen LogP contribution in [0, 0.1) is 0 Å². The topological polar surface area (TPSA) is 53.1 Å². The number of methoxy groups -OCH3 is 1. The lowest BCUT2D eigenvalue weighted by atomic mass is 10.2. The van der Waals surface area contributed by atoms with E-state index in [4.69, 9.17) is 10.5 Å². The SMILES string of the molecule is COc1ccc(-n2nccc2C(C)N)cc1. The summed E-state index contributed by atoms with van der Waals surface area (Å²) >= 11 is 0. The molecule has 1 aromatic carbocycles. The van der Waals surface area contributed by atoms with Gasteiger partial charge >= 0.3 is 0 Å². The van der Waals surface area contributed by atoms with Gasteiger partial charge in [0.05, 0.1) is 18.5 Å². The van der Waals surface area contributed by atoms with Gasteiger partial charge in [-0.05, 0) is 37.3 Å². The summed E-state index contributed by atoms with van der Waals surface area (Å²) in [6.45, 7) is 1.94. The fraction of sp³-hybridized carbons (Fsp3) is 0.250. The highest BCUT2D eigenvalue weighted by Gasteiger charge is 2.08. The lowest BCUT2D eigenvalue weighted by Crippen LogP contribution is -2.11. The molecule has 84 valence electrons. The van der Waals surface area contributed by atoms with Crippen molar-refractivity contribution in [1.29, 1.82) is 0 Å². The van der Waals surface area contributed by atoms with Crippen LogP contribution in [0.3, 0.4) is 0 Å². The molecule has 0 amide bonds. The maximum atomic E-state index is 5.87. The van der Waals surface area contributed by atoms with Crippen LogP contribution in [-0.2, 0) is 0 Å². The zero-order chi connectivity index (χ0) is 11.5. The Morgan fingerprint density at radius 1 is 1.25 bits per heavy atom. The summed E-state index contributed by atoms with van der Waals surface area (Å²) in [4.78, 5) is 0. The van der Waals surface area contributed by atoms with Gasteiger partial charge in [0.25, 0.3) is 0 Å². The molecule has 1 atom stereocenters. The first-order valence-electron chi connectivity index (χ1n) is 5.16. The van der Waals surface area contributed by atoms with E-state index >= 15 is 0 Å². The minimum absolute atomic E-state index is 0.0374. The fourth-order valence-electron chi connectivity index (χ4n) is 1.60. The number of hydrogen-bond donors (Lipinski definition) is 1. The summed E-state index contributed by atoms with van der Waals surface area (Å²) in [7, 11) is 1.65. The van der Waals surface area contributed by atoms with Gasteiger partial charge in [0.15, 0.2) is 0 Å². The Bertz CT molecular complexity index is 459. The molecule has 0 radical (unpaired) electrons. The number of rotatable bonds is 3. The summed E-state index contributed by atoms with van der Waals surface area (Å²) < 4.78 is 6.95. The Kier molecular flexibility index (Phi) is 2.92. The first-order chi connectivity index (χ1) is 7.72. The second-order valence-electron chi connectivity index (χ2n) is 3.65. The Hall–Kier alpha value is -1.81. The van der Waals surface area contributed by atoms with E-state index in [1.54, 1.807) is 13.3 Å². The molecule has 4 heteroatoms. The molecule has 2 rings (SSSR count). The molecule has 0 aliphatic carbocycles. The molecule has 4 nitrogen and oxygen atoms in total. The van der Waals surface area contributed by atoms with Crippen molar-refractivity contribution >= 4 is 0 Å². The van der Waals surface area contributed by atoms with Gasteiger partial charge in [-0.2, -0.15) is 5.10 Å². The zero-order valence-electron chi connectivity index (χ0n) is 9.42. The van der Waals surface area contributed by atoms with Crippen molar-refractivity contribution in [3.63, 3.8) is 0 Å². The van der Waals surface area contributed by atoms with E-state index in [1.807, 2.05) is 41.9 Å². The predicted octanol–water partition coefficient (Wildman–Crippen LogP) is 1.90. The second kappa shape index (κ2) is 4.37. The highest BCUT2D eigenvalue weighted by molar-refractivity contribution is 5.38. The molecule has 0 spiro atoms. The molecule has 0 aliphatic rings. The van der Waals surface area contributed by atoms with E-state index in [0.29, 0.717) is 0 Å². The maximum Gasteiger partial charge on any atom is 0.119 e. The van der Waals surface area contributed by atoms with Gasteiger partial charge in [0.2, 0.25) is 0 Å². The Balaban J connectivity index is 2.38. The summed E-state index contributed by atoms with van der Waals surface area (Å²) in [5.74, 6) is 0.832. The van der Waals surface area contributed by atoms with E-state index in [1.165, 1.54) is 0 Å². The van der Waals surface area contributed by atoms with Gasteiger partial charge < -0.3 is 10.5 Å². The van der Waals surface area contributed by atoms with Crippen LogP contribution in [0.2, 0.25) is 0 Å². The summed E-state index contributed by atoms with van der Waals surface area (Å²) in [5.41, 5.74) is 7.84. The fourth-order valence-corrected chi connectivity index (χ4v) is 1.60. The molecule has 2 aromatic rings. The van der Waals surface area contributed by atoms with E-state index in [2.05, 4.69) is 5.10 Å². The molecule has 0 bridgehead atoms. The smallest absolute Gasteiger partial charge is 0.119 e. The van der Waals surface area contributed by atoms with Crippen LogP contribution < -0.4 is 10.5 Å². The third-order valence-corrected chi connectivity index (χ3v) is 2.46. The monoisotopic (exact) mass is 217 g/mol. The van der Waals surface area contributed by atoms with Crippen molar-refractivity contribution in [1.82, 2.24) is 9.78 Å². The van der Waals surface area contributed by atoms with Crippen LogP contribution in [0.25, 0.3) is 5.69 Å². The Morgan fingerprint density at radius 3 is 2.50 bits per heavy atom. The third kappa shape index (κ3) is 1.92. The lowest BCUT2D eigenvalue weighted by molar-refractivity contribution is 0.414. The highest BCUT2D eigenvalue weighted by atomic mass is 16.5. The summed E-state index contributed by atoms with van der Waals surface area (Å²) in [5, 5.41) is 4.26. The van der Waals surface area contributed by atoms with Crippen molar-refractivity contribution in [3.8, 4) is 11.4 Å². The van der Waals surface area contributed by atoms with Crippen LogP contribution in [0.5, 0.6) is 5.75 Å². The quantitative estimate of drug-likeness (QED) is 0.854. The van der Waals surface area contributed by atoms with Crippen LogP contribution in [-0.4, -0.2) is 16.9 Å². The summed E-state index contributed by atoms with van der Waals surface area (Å²) in [6, 6.07) is 9.61. The lowest BCUT2D eigenvalue weighted by Gasteiger charge is -2.10. The van der Waals surface area contributed by atoms with Crippen molar-refractivity contribution < 1.29 is 4.74 Å². The number of hydrogen-bond acceptors (Lipinski definition) is 3. The number of benzene rings is 1. The molecule has 1 heterocycles. The van der Waals surface area contributed by atoms with Crippen molar-refractivity contribution in [2.24, 2.45) is 5.73 Å². The normalized spacial score (nSPS) is 12.4. The number of nitrogens with two attached hydrogens (primary N) is 1. The van der Waals surface area contributed by atoms with E-state index in [0.717, 1.165) is 17.1 Å². The molecule has 2 N–H and O–H groups in total. The molecule has 1 aromatic heterocycles. The Morgan fingerprint density at radius 2 is 1.94 bits per heavy atom. The molecule has 1 unspecified atom stereocenters. The van der Waals surface area contributed by atoms with Gasteiger partial charge in [0, 0.05) is 12.2 Å². The maximum absolute atomic E-state index is 5.87. The van der Waals surface area contributed by atoms with Crippen molar-refractivity contribution in [2.75, 3.05) is 7.11 Å². The van der Waals surface area contributed by atoms with E-state index in [9.17, 15) is 0 Å². The van der Waals surface area contributed by atoms with Gasteiger partial charge in [0.1, 0.15) is 5.75 Å². The molecular weight excluding hydrogens is 202 g/mol. The van der Waals surface area contributed by atoms with E-state index in [-0.39, 0.29) is 6.04 Å². The van der Waals surface area contributed by atoms with E-state index < -0.39 is 0 Å². The average Bonchev–Trinajstić information content (AvgIpc) is 2.78. The van der Waals surface area contributed by atoms with Gasteiger partial charge in [-0.25, -0.2) is 4.68 Å². The minimum atomic E-state index is -0.0374. The number of ether oxygens (including phenoxy) is 1. The minimum Gasteiger partial charge on any atom is -0.497 e. The third-order valence-electron chi connectivity index (χ3n) is 2.46. The second-order valence-corrected chi connectivity index (χ2v) is 3.65. The zero-order valence-corrected chi connectivity index (χ0v) is 9.42. The Labute approximate surface area is 94.6 Å². The summed E-state index contributed by atoms with van der Waals surface area (Å²) in [6.07, 6.45) is 1.75. The standard InChI is InChI=1S/C12H15N3O/c1-9(13)12-7-8-14-15(12)10-3-5-11(16-2)6-4-10/h3-9H,13H2,1-2H3. The highest BCUT2D eigenvalue weighted by Crippen LogP contribution is 2.18. The number of aromatic nitrogens is 2. The van der Waals surface area contributed by atoms with Gasteiger partial charge in [-0.15, -0.1) is 0 Å². The van der Waals surface area contributed by atoms with Crippen molar-refractivity contribution in [3.05, 3.63) is 42.2 Å². The molecular formula is C12H15N3O. The molecule has 0 aliphatic heterocycles. The molecule has 16 heavy (non-hydrogen) atoms. The average molecular weight is 217 g/mol. The van der Waals surface area contributed by atoms with Crippen LogP contribution in [0.1, 0.15) is 18.7 Å². The number of nitrogens with zero attached hydrogens (tertiary/aromatic N) is 2. The van der Waals surface area contributed by atoms with Crippen LogP contribution in [0.4, 0.5) is 0 Å². The largest absolute Gasteiger partial charge is 0.497 e. The molecule has 0 fully saturated rings. The predicted molar refractivity (Wildman–Crippen MR) is 62.7 cm³/mol. The first kappa shape index (κ1) is 10.7. The van der Waals surface area contributed by atoms with Crippen molar-refractivity contribution in [2.45, 2.75) is 13.0 Å². The van der Waals surface area contributed by atoms with Gasteiger partial charge in [-0.1, -0.05) is 0 Å². The van der Waals surface area contributed by atoms with Crippen LogP contribution >= 0.6 is 0 Å². The molecule has 0 saturated heterocycles. The van der Waals surface area contributed by atoms with Gasteiger partial charge in [-0.3, -0.25) is 0 Å². The molecule has 0 saturated carbocycles. The van der Waals surface area contributed by atoms with Crippen LogP contribution in [0.15, 0.2) is 36.5 Å². The first-order valence-corrected chi connectivity index (χ1v) is 5.16.